The SMILES string of the molecule is CCCCCCCCCCCCCCCCCCc1cccc(Nc2ccccc2)c1CCCCCCCCCCCCCCCCCC. The maximum Gasteiger partial charge on any atom is 0.0419 e. The van der Waals surface area contributed by atoms with Gasteiger partial charge in [-0.25, -0.2) is 0 Å². The number of rotatable bonds is 36. The third-order valence-corrected chi connectivity index (χ3v) is 10.9. The lowest BCUT2D eigenvalue weighted by Gasteiger charge is -2.17. The highest BCUT2D eigenvalue weighted by Gasteiger charge is 2.09. The molecule has 2 rings (SSSR count). The topological polar surface area (TPSA) is 12.0 Å². The fraction of sp³-hybridized carbons (Fsp3) is 0.750. The Balaban J connectivity index is 1.58. The van der Waals surface area contributed by atoms with Gasteiger partial charge in [-0.05, 0) is 55.0 Å². The maximum atomic E-state index is 3.77. The minimum absolute atomic E-state index is 1.20. The van der Waals surface area contributed by atoms with Gasteiger partial charge in [0.2, 0.25) is 0 Å². The second kappa shape index (κ2) is 33.4. The zero-order chi connectivity index (χ0) is 34.7. The predicted molar refractivity (Wildman–Crippen MR) is 223 cm³/mol. The Morgan fingerprint density at radius 1 is 0.327 bits per heavy atom. The van der Waals surface area contributed by atoms with E-state index in [1.54, 1.807) is 11.1 Å². The molecule has 0 fully saturated rings. The van der Waals surface area contributed by atoms with Gasteiger partial charge < -0.3 is 5.32 Å². The van der Waals surface area contributed by atoms with Gasteiger partial charge in [0.05, 0.1) is 0 Å². The van der Waals surface area contributed by atoms with E-state index in [9.17, 15) is 0 Å². The molecule has 0 radical (unpaired) electrons. The van der Waals surface area contributed by atoms with Crippen LogP contribution >= 0.6 is 0 Å². The summed E-state index contributed by atoms with van der Waals surface area (Å²) in [7, 11) is 0. The summed E-state index contributed by atoms with van der Waals surface area (Å²) in [5.41, 5.74) is 5.71. The Bertz CT molecular complexity index is 949. The van der Waals surface area contributed by atoms with Gasteiger partial charge in [-0.3, -0.25) is 0 Å². The first-order valence-corrected chi connectivity index (χ1v) is 22.3. The molecule has 0 saturated carbocycles. The molecule has 0 saturated heterocycles. The van der Waals surface area contributed by atoms with E-state index in [4.69, 9.17) is 0 Å². The molecule has 0 atom stereocenters. The van der Waals surface area contributed by atoms with Crippen LogP contribution in [0.25, 0.3) is 0 Å². The number of hydrogen-bond donors (Lipinski definition) is 1. The summed E-state index contributed by atoms with van der Waals surface area (Å²) in [6, 6.07) is 17.8. The van der Waals surface area contributed by atoms with E-state index in [0.29, 0.717) is 0 Å². The van der Waals surface area contributed by atoms with Gasteiger partial charge in [0.25, 0.3) is 0 Å². The number of hydrogen-bond acceptors (Lipinski definition) is 1. The van der Waals surface area contributed by atoms with Crippen LogP contribution in [0.4, 0.5) is 11.4 Å². The van der Waals surface area contributed by atoms with E-state index >= 15 is 0 Å². The lowest BCUT2D eigenvalue weighted by atomic mass is 9.94. The van der Waals surface area contributed by atoms with E-state index in [-0.39, 0.29) is 0 Å². The van der Waals surface area contributed by atoms with Crippen molar-refractivity contribution >= 4 is 11.4 Å². The van der Waals surface area contributed by atoms with Crippen LogP contribution in [-0.4, -0.2) is 0 Å². The van der Waals surface area contributed by atoms with Crippen LogP contribution in [-0.2, 0) is 12.8 Å². The second-order valence-corrected chi connectivity index (χ2v) is 15.5. The second-order valence-electron chi connectivity index (χ2n) is 15.5. The van der Waals surface area contributed by atoms with Crippen LogP contribution in [0.1, 0.15) is 230 Å². The Kier molecular flexibility index (Phi) is 29.6. The largest absolute Gasteiger partial charge is 0.355 e. The standard InChI is InChI=1S/C48H83N/c1-3-5-7-9-11-13-15-17-19-21-23-25-27-29-31-34-39-45-40-38-44-48(49-46-41-35-33-36-42-46)47(45)43-37-32-30-28-26-24-22-20-18-16-14-12-10-8-6-4-2/h33,35-36,38,40-42,44,49H,3-32,34,37,39,43H2,1-2H3. The third-order valence-electron chi connectivity index (χ3n) is 10.9. The number of nitrogens with one attached hydrogen (secondary N) is 1. The number of para-hydroxylation sites is 1. The molecule has 2 aromatic carbocycles. The van der Waals surface area contributed by atoms with Gasteiger partial charge in [-0.2, -0.15) is 0 Å². The summed E-state index contributed by atoms with van der Waals surface area (Å²) in [4.78, 5) is 0. The third kappa shape index (κ3) is 24.9. The Morgan fingerprint density at radius 3 is 1.06 bits per heavy atom. The van der Waals surface area contributed by atoms with E-state index in [2.05, 4.69) is 67.7 Å². The maximum absolute atomic E-state index is 3.77. The van der Waals surface area contributed by atoms with Crippen molar-refractivity contribution in [2.24, 2.45) is 0 Å². The number of unbranched alkanes of at least 4 members (excludes halogenated alkanes) is 30. The summed E-state index contributed by atoms with van der Waals surface area (Å²) in [6.45, 7) is 4.62. The molecule has 0 aliphatic rings. The fourth-order valence-corrected chi connectivity index (χ4v) is 7.67. The number of anilines is 2. The van der Waals surface area contributed by atoms with E-state index in [0.717, 1.165) is 0 Å². The molecule has 1 heteroatoms. The number of aryl methyl sites for hydroxylation is 1. The monoisotopic (exact) mass is 674 g/mol. The van der Waals surface area contributed by atoms with Gasteiger partial charge in [-0.15, -0.1) is 0 Å². The molecule has 0 aliphatic heterocycles. The molecule has 2 aromatic rings. The fourth-order valence-electron chi connectivity index (χ4n) is 7.67. The lowest BCUT2D eigenvalue weighted by molar-refractivity contribution is 0.528. The van der Waals surface area contributed by atoms with Crippen LogP contribution in [0.3, 0.4) is 0 Å². The molecule has 1 N–H and O–H groups in total. The average molecular weight is 674 g/mol. The van der Waals surface area contributed by atoms with Crippen molar-refractivity contribution in [1.29, 1.82) is 0 Å². The van der Waals surface area contributed by atoms with Crippen LogP contribution in [0.5, 0.6) is 0 Å². The van der Waals surface area contributed by atoms with Gasteiger partial charge in [0.15, 0.2) is 0 Å². The Labute approximate surface area is 307 Å². The first-order chi connectivity index (χ1) is 24.3. The molecule has 0 unspecified atom stereocenters. The predicted octanol–water partition coefficient (Wildman–Crippen LogP) is 17.0. The molecule has 0 amide bonds. The molecule has 0 spiro atoms. The summed E-state index contributed by atoms with van der Waals surface area (Å²) in [5.74, 6) is 0. The highest BCUT2D eigenvalue weighted by Crippen LogP contribution is 2.28. The molecule has 0 aliphatic carbocycles. The lowest BCUT2D eigenvalue weighted by Crippen LogP contribution is -2.02. The molecule has 0 heterocycles. The van der Waals surface area contributed by atoms with Gasteiger partial charge >= 0.3 is 0 Å². The molecule has 0 bridgehead atoms. The molecule has 49 heavy (non-hydrogen) atoms. The quantitative estimate of drug-likeness (QED) is 0.0710. The molecule has 1 nitrogen and oxygen atoms in total. The van der Waals surface area contributed by atoms with E-state index in [1.807, 2.05) is 0 Å². The van der Waals surface area contributed by atoms with Crippen molar-refractivity contribution in [3.8, 4) is 0 Å². The van der Waals surface area contributed by atoms with Crippen molar-refractivity contribution in [3.05, 3.63) is 59.7 Å². The number of benzene rings is 2. The van der Waals surface area contributed by atoms with Crippen molar-refractivity contribution in [2.75, 3.05) is 5.32 Å². The van der Waals surface area contributed by atoms with Crippen molar-refractivity contribution in [2.45, 2.75) is 232 Å². The minimum Gasteiger partial charge on any atom is -0.355 e. The van der Waals surface area contributed by atoms with Gasteiger partial charge in [0, 0.05) is 11.4 Å². The first kappa shape index (κ1) is 43.4. The summed E-state index contributed by atoms with van der Waals surface area (Å²) in [5, 5.41) is 3.77. The Morgan fingerprint density at radius 2 is 0.673 bits per heavy atom. The average Bonchev–Trinajstić information content (AvgIpc) is 3.12. The first-order valence-electron chi connectivity index (χ1n) is 22.3. The van der Waals surface area contributed by atoms with Gasteiger partial charge in [-0.1, -0.05) is 237 Å². The molecular weight excluding hydrogens is 591 g/mol. The highest BCUT2D eigenvalue weighted by molar-refractivity contribution is 5.64. The highest BCUT2D eigenvalue weighted by atomic mass is 14.9. The zero-order valence-electron chi connectivity index (χ0n) is 33.2. The molecule has 280 valence electrons. The zero-order valence-corrected chi connectivity index (χ0v) is 33.2. The van der Waals surface area contributed by atoms with Crippen LogP contribution in [0.15, 0.2) is 48.5 Å². The van der Waals surface area contributed by atoms with Crippen LogP contribution < -0.4 is 5.32 Å². The van der Waals surface area contributed by atoms with Crippen molar-refractivity contribution < 1.29 is 0 Å². The summed E-state index contributed by atoms with van der Waals surface area (Å²) >= 11 is 0. The van der Waals surface area contributed by atoms with E-state index in [1.165, 1.54) is 230 Å². The molecular formula is C48H83N. The Hall–Kier alpha value is -1.76. The minimum atomic E-state index is 1.20. The van der Waals surface area contributed by atoms with Crippen molar-refractivity contribution in [1.82, 2.24) is 0 Å². The van der Waals surface area contributed by atoms with E-state index < -0.39 is 0 Å². The van der Waals surface area contributed by atoms with Crippen LogP contribution in [0.2, 0.25) is 0 Å². The molecule has 0 aromatic heterocycles. The smallest absolute Gasteiger partial charge is 0.0419 e. The van der Waals surface area contributed by atoms with Gasteiger partial charge in [0.1, 0.15) is 0 Å². The van der Waals surface area contributed by atoms with Crippen molar-refractivity contribution in [3.63, 3.8) is 0 Å². The van der Waals surface area contributed by atoms with Crippen LogP contribution in [0, 0.1) is 0 Å². The summed E-state index contributed by atoms with van der Waals surface area (Å²) < 4.78 is 0. The summed E-state index contributed by atoms with van der Waals surface area (Å²) in [6.07, 6.45) is 48.3. The normalized spacial score (nSPS) is 11.4.